The van der Waals surface area contributed by atoms with Gasteiger partial charge in [0.2, 0.25) is 0 Å². The molecule has 0 aromatic heterocycles. The van der Waals surface area contributed by atoms with Crippen LogP contribution in [0.3, 0.4) is 0 Å². The minimum atomic E-state index is 0.918. The number of hydrogen-bond donors (Lipinski definition) is 2. The van der Waals surface area contributed by atoms with Crippen molar-refractivity contribution >= 4 is 5.69 Å². The van der Waals surface area contributed by atoms with Crippen molar-refractivity contribution < 1.29 is 4.90 Å². The number of benzene rings is 1. The van der Waals surface area contributed by atoms with E-state index in [0.717, 1.165) is 25.3 Å². The molecule has 1 aromatic carbocycles. The van der Waals surface area contributed by atoms with Gasteiger partial charge in [0.05, 0.1) is 13.1 Å². The Morgan fingerprint density at radius 2 is 1.77 bits per heavy atom. The summed E-state index contributed by atoms with van der Waals surface area (Å²) in [7, 11) is 0. The Kier molecular flexibility index (Phi) is 3.77. The third kappa shape index (κ3) is 2.74. The number of anilines is 1. The Morgan fingerprint density at radius 1 is 1.15 bits per heavy atom. The lowest BCUT2D eigenvalue weighted by Gasteiger charge is -2.16. The molecule has 0 saturated carbocycles. The zero-order valence-electron chi connectivity index (χ0n) is 8.51. The Hall–Kier alpha value is -1.02. The molecule has 0 unspecified atom stereocenters. The molecule has 0 radical (unpaired) electrons. The molecule has 2 heteroatoms. The number of para-hydroxylation sites is 1. The lowest BCUT2D eigenvalue weighted by Crippen LogP contribution is -3.10. The van der Waals surface area contributed by atoms with Crippen molar-refractivity contribution in [2.75, 3.05) is 18.8 Å². The van der Waals surface area contributed by atoms with Crippen molar-refractivity contribution in [1.82, 2.24) is 0 Å². The smallest absolute Gasteiger partial charge is 0.105 e. The fraction of sp³-hybridized carbons (Fsp3) is 0.455. The van der Waals surface area contributed by atoms with Gasteiger partial charge >= 0.3 is 0 Å². The molecule has 13 heavy (non-hydrogen) atoms. The van der Waals surface area contributed by atoms with Gasteiger partial charge in [0.25, 0.3) is 0 Å². The third-order valence-corrected chi connectivity index (χ3v) is 2.50. The van der Waals surface area contributed by atoms with Crippen LogP contribution in [0, 0.1) is 0 Å². The molecule has 3 N–H and O–H groups in total. The number of rotatable bonds is 4. The van der Waals surface area contributed by atoms with Gasteiger partial charge in [-0.05, 0) is 19.9 Å². The molecule has 0 spiro atoms. The lowest BCUT2D eigenvalue weighted by molar-refractivity contribution is -0.910. The van der Waals surface area contributed by atoms with Crippen LogP contribution < -0.4 is 10.6 Å². The minimum Gasteiger partial charge on any atom is -0.398 e. The summed E-state index contributed by atoms with van der Waals surface area (Å²) in [6, 6.07) is 8.12. The van der Waals surface area contributed by atoms with Crippen molar-refractivity contribution in [3.63, 3.8) is 0 Å². The molecule has 1 rings (SSSR count). The zero-order valence-corrected chi connectivity index (χ0v) is 8.51. The number of hydrogen-bond acceptors (Lipinski definition) is 1. The molecule has 0 bridgehead atoms. The quantitative estimate of drug-likeness (QED) is 0.655. The van der Waals surface area contributed by atoms with Crippen molar-refractivity contribution in [2.24, 2.45) is 0 Å². The Bertz CT molecular complexity index is 254. The van der Waals surface area contributed by atoms with Crippen LogP contribution in [0.4, 0.5) is 5.69 Å². The van der Waals surface area contributed by atoms with E-state index in [0.29, 0.717) is 0 Å². The van der Waals surface area contributed by atoms with Gasteiger partial charge in [-0.1, -0.05) is 18.2 Å². The van der Waals surface area contributed by atoms with E-state index in [4.69, 9.17) is 5.73 Å². The zero-order chi connectivity index (χ0) is 9.68. The van der Waals surface area contributed by atoms with Crippen molar-refractivity contribution in [3.8, 4) is 0 Å². The first kappa shape index (κ1) is 10.1. The summed E-state index contributed by atoms with van der Waals surface area (Å²) < 4.78 is 0. The molecule has 72 valence electrons. The highest BCUT2D eigenvalue weighted by Gasteiger charge is 2.05. The molecular weight excluding hydrogens is 160 g/mol. The second-order valence-electron chi connectivity index (χ2n) is 3.33. The second-order valence-corrected chi connectivity index (χ2v) is 3.33. The molecule has 0 saturated heterocycles. The van der Waals surface area contributed by atoms with Crippen molar-refractivity contribution in [1.29, 1.82) is 0 Å². The van der Waals surface area contributed by atoms with E-state index in [9.17, 15) is 0 Å². The predicted molar refractivity (Wildman–Crippen MR) is 56.6 cm³/mol. The van der Waals surface area contributed by atoms with Crippen LogP contribution in [0.2, 0.25) is 0 Å². The van der Waals surface area contributed by atoms with E-state index in [2.05, 4.69) is 26.0 Å². The van der Waals surface area contributed by atoms with Crippen LogP contribution in [0.15, 0.2) is 24.3 Å². The van der Waals surface area contributed by atoms with Gasteiger partial charge in [-0.25, -0.2) is 0 Å². The average Bonchev–Trinajstić information content (AvgIpc) is 2.17. The molecule has 0 aliphatic heterocycles. The van der Waals surface area contributed by atoms with Crippen molar-refractivity contribution in [3.05, 3.63) is 29.8 Å². The van der Waals surface area contributed by atoms with Crippen LogP contribution in [-0.2, 0) is 6.54 Å². The van der Waals surface area contributed by atoms with Crippen molar-refractivity contribution in [2.45, 2.75) is 20.4 Å². The van der Waals surface area contributed by atoms with E-state index in [1.807, 2.05) is 12.1 Å². The molecule has 0 aliphatic rings. The molecule has 0 heterocycles. The van der Waals surface area contributed by atoms with Gasteiger partial charge in [0.15, 0.2) is 0 Å². The Balaban J connectivity index is 2.67. The number of quaternary nitrogens is 1. The fourth-order valence-corrected chi connectivity index (χ4v) is 1.46. The maximum Gasteiger partial charge on any atom is 0.105 e. The molecule has 0 fully saturated rings. The fourth-order valence-electron chi connectivity index (χ4n) is 1.46. The predicted octanol–water partition coefficient (Wildman–Crippen LogP) is 0.693. The first-order valence-electron chi connectivity index (χ1n) is 4.94. The first-order chi connectivity index (χ1) is 6.27. The highest BCUT2D eigenvalue weighted by molar-refractivity contribution is 5.45. The Labute approximate surface area is 80.4 Å². The van der Waals surface area contributed by atoms with E-state index in [1.54, 1.807) is 4.90 Å². The standard InChI is InChI=1S/C11H18N2/c1-3-13(4-2)9-10-7-5-6-8-11(10)12/h5-8H,3-4,9,12H2,1-2H3/p+1. The van der Waals surface area contributed by atoms with E-state index < -0.39 is 0 Å². The SMILES string of the molecule is CC[NH+](CC)Cc1ccccc1N. The monoisotopic (exact) mass is 179 g/mol. The summed E-state index contributed by atoms with van der Waals surface area (Å²) in [6.45, 7) is 7.77. The summed E-state index contributed by atoms with van der Waals surface area (Å²) in [6.07, 6.45) is 0. The summed E-state index contributed by atoms with van der Waals surface area (Å²) >= 11 is 0. The first-order valence-corrected chi connectivity index (χ1v) is 4.94. The molecule has 1 aromatic rings. The van der Waals surface area contributed by atoms with Gasteiger partial charge < -0.3 is 10.6 Å². The third-order valence-electron chi connectivity index (χ3n) is 2.50. The van der Waals surface area contributed by atoms with Crippen LogP contribution in [0.25, 0.3) is 0 Å². The van der Waals surface area contributed by atoms with Crippen LogP contribution in [0.1, 0.15) is 19.4 Å². The topological polar surface area (TPSA) is 30.5 Å². The highest BCUT2D eigenvalue weighted by Crippen LogP contribution is 2.08. The largest absolute Gasteiger partial charge is 0.398 e. The maximum atomic E-state index is 5.86. The van der Waals surface area contributed by atoms with E-state index >= 15 is 0 Å². The van der Waals surface area contributed by atoms with E-state index in [1.165, 1.54) is 5.56 Å². The molecule has 0 amide bonds. The van der Waals surface area contributed by atoms with Gasteiger partial charge in [-0.3, -0.25) is 0 Å². The number of nitrogen functional groups attached to an aromatic ring is 1. The summed E-state index contributed by atoms with van der Waals surface area (Å²) in [5.41, 5.74) is 8.05. The summed E-state index contributed by atoms with van der Waals surface area (Å²) in [5, 5.41) is 0. The lowest BCUT2D eigenvalue weighted by atomic mass is 10.1. The van der Waals surface area contributed by atoms with Gasteiger partial charge in [0.1, 0.15) is 6.54 Å². The van der Waals surface area contributed by atoms with Crippen LogP contribution in [0.5, 0.6) is 0 Å². The number of nitrogens with two attached hydrogens (primary N) is 1. The molecular formula is C11H19N2+. The molecule has 0 atom stereocenters. The number of nitrogens with one attached hydrogen (secondary N) is 1. The van der Waals surface area contributed by atoms with Crippen LogP contribution >= 0.6 is 0 Å². The summed E-state index contributed by atoms with van der Waals surface area (Å²) in [5.74, 6) is 0. The maximum absolute atomic E-state index is 5.86. The van der Waals surface area contributed by atoms with Gasteiger partial charge in [0, 0.05) is 11.3 Å². The molecule has 2 nitrogen and oxygen atoms in total. The Morgan fingerprint density at radius 3 is 2.31 bits per heavy atom. The minimum absolute atomic E-state index is 0.918. The van der Waals surface area contributed by atoms with Gasteiger partial charge in [-0.15, -0.1) is 0 Å². The summed E-state index contributed by atoms with van der Waals surface area (Å²) in [4.78, 5) is 1.57. The van der Waals surface area contributed by atoms with Gasteiger partial charge in [-0.2, -0.15) is 0 Å². The van der Waals surface area contributed by atoms with Crippen LogP contribution in [-0.4, -0.2) is 13.1 Å². The second kappa shape index (κ2) is 4.87. The molecule has 0 aliphatic carbocycles. The normalized spacial score (nSPS) is 10.7. The highest BCUT2D eigenvalue weighted by atomic mass is 15.1. The van der Waals surface area contributed by atoms with E-state index in [-0.39, 0.29) is 0 Å². The average molecular weight is 179 g/mol.